The lowest BCUT2D eigenvalue weighted by Crippen LogP contribution is -2.21. The molecule has 0 saturated heterocycles. The number of aryl methyl sites for hydroxylation is 1. The van der Waals surface area contributed by atoms with E-state index >= 15 is 0 Å². The van der Waals surface area contributed by atoms with E-state index in [2.05, 4.69) is 10.2 Å². The quantitative estimate of drug-likeness (QED) is 0.703. The van der Waals surface area contributed by atoms with Gasteiger partial charge in [0, 0.05) is 0 Å². The average Bonchev–Trinajstić information content (AvgIpc) is 2.97. The lowest BCUT2D eigenvalue weighted by molar-refractivity contribution is 0.199. The Kier molecular flexibility index (Phi) is 5.25. The van der Waals surface area contributed by atoms with Gasteiger partial charge in [-0.3, -0.25) is 8.78 Å². The lowest BCUT2D eigenvalue weighted by atomic mass is 10.1. The van der Waals surface area contributed by atoms with Crippen molar-refractivity contribution < 1.29 is 9.32 Å². The van der Waals surface area contributed by atoms with Crippen LogP contribution in [0, 0.1) is 6.92 Å². The normalized spacial score (nSPS) is 13.5. The van der Waals surface area contributed by atoms with Crippen molar-refractivity contribution in [1.82, 2.24) is 14.8 Å². The summed E-state index contributed by atoms with van der Waals surface area (Å²) in [6.45, 7) is 2.00. The minimum absolute atomic E-state index is 0.0684. The molecule has 2 atom stereocenters. The van der Waals surface area contributed by atoms with Gasteiger partial charge in [-0.25, -0.2) is 0 Å². The fourth-order valence-corrected chi connectivity index (χ4v) is 3.82. The van der Waals surface area contributed by atoms with Crippen molar-refractivity contribution in [1.29, 1.82) is 0 Å². The summed E-state index contributed by atoms with van der Waals surface area (Å²) in [5, 5.41) is 18.3. The van der Waals surface area contributed by atoms with E-state index in [0.717, 1.165) is 16.8 Å². The zero-order valence-corrected chi connectivity index (χ0v) is 14.7. The molecule has 3 rings (SSSR count). The summed E-state index contributed by atoms with van der Waals surface area (Å²) in [5.74, 6) is 0.238. The number of aromatic nitrogens is 3. The summed E-state index contributed by atoms with van der Waals surface area (Å²) >= 11 is 0. The molecule has 1 aromatic heterocycles. The minimum atomic E-state index is -1.52. The number of anilines is 1. The predicted octanol–water partition coefficient (Wildman–Crippen LogP) is 1.87. The highest BCUT2D eigenvalue weighted by Gasteiger charge is 2.20. The molecule has 25 heavy (non-hydrogen) atoms. The number of aliphatic hydroxyl groups is 1. The van der Waals surface area contributed by atoms with E-state index in [9.17, 15) is 9.32 Å². The van der Waals surface area contributed by atoms with Gasteiger partial charge in [0.25, 0.3) is 0 Å². The maximum absolute atomic E-state index is 12.7. The number of nitrogen functional groups attached to an aromatic ring is 1. The van der Waals surface area contributed by atoms with Gasteiger partial charge in [0.05, 0.1) is 28.3 Å². The highest BCUT2D eigenvalue weighted by atomic mass is 32.2. The van der Waals surface area contributed by atoms with Crippen molar-refractivity contribution in [2.75, 3.05) is 11.5 Å². The highest BCUT2D eigenvalue weighted by molar-refractivity contribution is 7.84. The number of rotatable bonds is 6. The summed E-state index contributed by atoms with van der Waals surface area (Å²) in [7, 11) is -1.52. The molecule has 0 amide bonds. The molecule has 0 aliphatic carbocycles. The average molecular weight is 356 g/mol. The smallest absolute Gasteiger partial charge is 0.227 e. The van der Waals surface area contributed by atoms with E-state index in [1.807, 2.05) is 61.5 Å². The van der Waals surface area contributed by atoms with Crippen LogP contribution in [0.25, 0.3) is 5.69 Å². The molecule has 0 saturated carbocycles. The van der Waals surface area contributed by atoms with Crippen LogP contribution in [0.15, 0.2) is 59.8 Å². The predicted molar refractivity (Wildman–Crippen MR) is 97.9 cm³/mol. The molecule has 2 aromatic carbocycles. The van der Waals surface area contributed by atoms with Crippen molar-refractivity contribution in [2.45, 2.75) is 24.6 Å². The number of aliphatic hydroxyl groups excluding tert-OH is 1. The van der Waals surface area contributed by atoms with Gasteiger partial charge >= 0.3 is 0 Å². The first-order valence-corrected chi connectivity index (χ1v) is 9.25. The molecule has 1 heterocycles. The third kappa shape index (κ3) is 4.12. The maximum Gasteiger partial charge on any atom is 0.227 e. The maximum atomic E-state index is 12.7. The van der Waals surface area contributed by atoms with Gasteiger partial charge in [0.2, 0.25) is 11.1 Å². The minimum Gasteiger partial charge on any atom is -0.392 e. The molecule has 0 spiro atoms. The molecule has 1 unspecified atom stereocenters. The fourth-order valence-electron chi connectivity index (χ4n) is 2.67. The standard InChI is InChI=1S/C18H20N4O2S/c1-13-6-5-7-14(10-13)11-16(23)12-25(24)18-21-20-17(19)22(18)15-8-3-2-4-9-15/h2-10,16,23H,11-12H2,1H3,(H2,19,20)/t16-,25?/m0/s1. The summed E-state index contributed by atoms with van der Waals surface area (Å²) < 4.78 is 14.2. The molecule has 130 valence electrons. The Bertz CT molecular complexity index is 880. The first-order valence-electron chi connectivity index (χ1n) is 7.93. The summed E-state index contributed by atoms with van der Waals surface area (Å²) in [5.41, 5.74) is 8.75. The van der Waals surface area contributed by atoms with Gasteiger partial charge in [0.1, 0.15) is 0 Å². The number of benzene rings is 2. The number of para-hydroxylation sites is 1. The van der Waals surface area contributed by atoms with Gasteiger partial charge in [-0.15, -0.1) is 10.2 Å². The largest absolute Gasteiger partial charge is 0.392 e. The second kappa shape index (κ2) is 7.58. The van der Waals surface area contributed by atoms with Crippen molar-refractivity contribution in [3.05, 3.63) is 65.7 Å². The lowest BCUT2D eigenvalue weighted by Gasteiger charge is -2.12. The van der Waals surface area contributed by atoms with Crippen molar-refractivity contribution in [3.8, 4) is 5.69 Å². The topological polar surface area (TPSA) is 94.0 Å². The molecule has 3 N–H and O–H groups in total. The molecule has 3 aromatic rings. The molecule has 7 heteroatoms. The van der Waals surface area contributed by atoms with Crippen molar-refractivity contribution in [2.24, 2.45) is 0 Å². The Morgan fingerprint density at radius 1 is 1.16 bits per heavy atom. The van der Waals surface area contributed by atoms with Gasteiger partial charge < -0.3 is 10.8 Å². The highest BCUT2D eigenvalue weighted by Crippen LogP contribution is 2.18. The third-order valence-electron chi connectivity index (χ3n) is 3.77. The Morgan fingerprint density at radius 2 is 1.92 bits per heavy atom. The first kappa shape index (κ1) is 17.3. The monoisotopic (exact) mass is 356 g/mol. The van der Waals surface area contributed by atoms with E-state index in [1.165, 1.54) is 0 Å². The van der Waals surface area contributed by atoms with E-state index < -0.39 is 16.9 Å². The van der Waals surface area contributed by atoms with Crippen molar-refractivity contribution >= 4 is 16.7 Å². The Labute approximate surface area is 148 Å². The van der Waals surface area contributed by atoms with Crippen LogP contribution in [0.4, 0.5) is 5.95 Å². The SMILES string of the molecule is Cc1cccc(C[C@H](O)CS(=O)c2nnc(N)n2-c2ccccc2)c1. The Morgan fingerprint density at radius 3 is 2.64 bits per heavy atom. The second-order valence-electron chi connectivity index (χ2n) is 5.87. The fraction of sp³-hybridized carbons (Fsp3) is 0.222. The zero-order chi connectivity index (χ0) is 17.8. The molecular formula is C18H20N4O2S. The number of hydrogen-bond acceptors (Lipinski definition) is 5. The number of nitrogens with two attached hydrogens (primary N) is 1. The van der Waals surface area contributed by atoms with Gasteiger partial charge in [0.15, 0.2) is 0 Å². The van der Waals surface area contributed by atoms with E-state index in [4.69, 9.17) is 5.73 Å². The van der Waals surface area contributed by atoms with Crippen LogP contribution in [-0.2, 0) is 17.2 Å². The molecule has 0 aliphatic heterocycles. The summed E-state index contributed by atoms with van der Waals surface area (Å²) in [6, 6.07) is 17.2. The second-order valence-corrected chi connectivity index (χ2v) is 7.26. The van der Waals surface area contributed by atoms with E-state index in [0.29, 0.717) is 6.42 Å². The zero-order valence-electron chi connectivity index (χ0n) is 13.9. The molecule has 0 fully saturated rings. The van der Waals surface area contributed by atoms with Crippen LogP contribution >= 0.6 is 0 Å². The van der Waals surface area contributed by atoms with Crippen LogP contribution in [-0.4, -0.2) is 35.9 Å². The van der Waals surface area contributed by atoms with E-state index in [1.54, 1.807) is 4.57 Å². The summed E-state index contributed by atoms with van der Waals surface area (Å²) in [6.07, 6.45) is -0.313. The molecular weight excluding hydrogens is 336 g/mol. The van der Waals surface area contributed by atoms with Crippen LogP contribution in [0.2, 0.25) is 0 Å². The van der Waals surface area contributed by atoms with Crippen LogP contribution in [0.3, 0.4) is 0 Å². The molecule has 0 aliphatic rings. The molecule has 0 radical (unpaired) electrons. The summed E-state index contributed by atoms with van der Waals surface area (Å²) in [4.78, 5) is 0. The van der Waals surface area contributed by atoms with Gasteiger partial charge in [-0.2, -0.15) is 0 Å². The molecule has 0 bridgehead atoms. The molecule has 6 nitrogen and oxygen atoms in total. The Hall–Kier alpha value is -2.51. The van der Waals surface area contributed by atoms with Crippen molar-refractivity contribution in [3.63, 3.8) is 0 Å². The third-order valence-corrected chi connectivity index (χ3v) is 5.13. The number of hydrogen-bond donors (Lipinski definition) is 2. The number of nitrogens with zero attached hydrogens (tertiary/aromatic N) is 3. The Balaban J connectivity index is 1.76. The van der Waals surface area contributed by atoms with E-state index in [-0.39, 0.29) is 16.9 Å². The van der Waals surface area contributed by atoms with Crippen LogP contribution in [0.5, 0.6) is 0 Å². The first-order chi connectivity index (χ1) is 12.0. The van der Waals surface area contributed by atoms with Crippen LogP contribution in [0.1, 0.15) is 11.1 Å². The van der Waals surface area contributed by atoms with Crippen LogP contribution < -0.4 is 5.73 Å². The van der Waals surface area contributed by atoms with Gasteiger partial charge in [-0.05, 0) is 31.0 Å². The van der Waals surface area contributed by atoms with Gasteiger partial charge in [-0.1, -0.05) is 48.0 Å².